The summed E-state index contributed by atoms with van der Waals surface area (Å²) in [5.74, 6) is -4.71. The third-order valence-electron chi connectivity index (χ3n) is 6.39. The number of carbonyl (C=O) groups excluding carboxylic acids is 3. The molecule has 1 saturated heterocycles. The zero-order valence-electron chi connectivity index (χ0n) is 20.7. The molecule has 1 aromatic carbocycles. The maximum Gasteiger partial charge on any atom is 0.471 e. The number of hydrogen-bond donors (Lipinski definition) is 2. The van der Waals surface area contributed by atoms with Gasteiger partial charge in [-0.1, -0.05) is 45.0 Å². The minimum atomic E-state index is -5.21. The SMILES string of the molecule is CC(C)(C)[C@H](NC(=O)C(F)(F)F)C(=O)N1CCC(C(Cl)Cl)[C@H]1C(=O)NC(C#N)c1cncc2ccccc12. The summed E-state index contributed by atoms with van der Waals surface area (Å²) in [6.07, 6.45) is -1.98. The quantitative estimate of drug-likeness (QED) is 0.508. The van der Waals surface area contributed by atoms with Gasteiger partial charge in [-0.2, -0.15) is 18.4 Å². The van der Waals surface area contributed by atoms with Gasteiger partial charge in [0.15, 0.2) is 0 Å². The largest absolute Gasteiger partial charge is 0.471 e. The Morgan fingerprint density at radius 3 is 2.37 bits per heavy atom. The van der Waals surface area contributed by atoms with E-state index in [1.165, 1.54) is 27.0 Å². The van der Waals surface area contributed by atoms with Gasteiger partial charge < -0.3 is 15.5 Å². The van der Waals surface area contributed by atoms with Gasteiger partial charge >= 0.3 is 12.1 Å². The van der Waals surface area contributed by atoms with Gasteiger partial charge in [0.25, 0.3) is 0 Å². The second kappa shape index (κ2) is 11.3. The molecule has 1 aliphatic rings. The van der Waals surface area contributed by atoms with Crippen molar-refractivity contribution in [2.45, 2.75) is 56.3 Å². The van der Waals surface area contributed by atoms with Crippen molar-refractivity contribution in [1.29, 1.82) is 5.26 Å². The van der Waals surface area contributed by atoms with Crippen LogP contribution in [0.3, 0.4) is 0 Å². The Morgan fingerprint density at radius 1 is 1.13 bits per heavy atom. The van der Waals surface area contributed by atoms with Crippen LogP contribution in [0.5, 0.6) is 0 Å². The van der Waals surface area contributed by atoms with E-state index in [9.17, 15) is 32.8 Å². The molecular formula is C25H26Cl2F3N5O3. The number of likely N-dealkylation sites (tertiary alicyclic amines) is 1. The fraction of sp³-hybridized carbons (Fsp3) is 0.480. The van der Waals surface area contributed by atoms with Crippen molar-refractivity contribution in [1.82, 2.24) is 20.5 Å². The maximum atomic E-state index is 13.5. The fourth-order valence-electron chi connectivity index (χ4n) is 4.47. The van der Waals surface area contributed by atoms with E-state index < -0.39 is 58.2 Å². The van der Waals surface area contributed by atoms with E-state index in [-0.39, 0.29) is 13.0 Å². The summed E-state index contributed by atoms with van der Waals surface area (Å²) in [6, 6.07) is 5.08. The number of benzene rings is 1. The van der Waals surface area contributed by atoms with Gasteiger partial charge in [0.2, 0.25) is 11.8 Å². The monoisotopic (exact) mass is 571 g/mol. The molecule has 204 valence electrons. The van der Waals surface area contributed by atoms with Crippen LogP contribution >= 0.6 is 23.2 Å². The summed E-state index contributed by atoms with van der Waals surface area (Å²) in [5.41, 5.74) is -0.716. The lowest BCUT2D eigenvalue weighted by molar-refractivity contribution is -0.176. The van der Waals surface area contributed by atoms with Gasteiger partial charge in [-0.3, -0.25) is 19.4 Å². The van der Waals surface area contributed by atoms with Gasteiger partial charge in [-0.05, 0) is 17.2 Å². The molecule has 2 N–H and O–H groups in total. The van der Waals surface area contributed by atoms with E-state index in [4.69, 9.17) is 23.2 Å². The highest BCUT2D eigenvalue weighted by Gasteiger charge is 2.50. The first-order valence-electron chi connectivity index (χ1n) is 11.7. The highest BCUT2D eigenvalue weighted by molar-refractivity contribution is 6.44. The lowest BCUT2D eigenvalue weighted by atomic mass is 9.85. The lowest BCUT2D eigenvalue weighted by Gasteiger charge is -2.36. The molecule has 1 fully saturated rings. The average molecular weight is 572 g/mol. The number of pyridine rings is 1. The van der Waals surface area contributed by atoms with Crippen LogP contribution in [-0.2, 0) is 14.4 Å². The minimum Gasteiger partial charge on any atom is -0.336 e. The maximum absolute atomic E-state index is 13.5. The van der Waals surface area contributed by atoms with Crippen LogP contribution in [0, 0.1) is 22.7 Å². The molecule has 0 spiro atoms. The van der Waals surface area contributed by atoms with Crippen LogP contribution in [0.25, 0.3) is 10.8 Å². The average Bonchev–Trinajstić information content (AvgIpc) is 3.29. The Bertz CT molecular complexity index is 1250. The second-order valence-corrected chi connectivity index (χ2v) is 11.2. The van der Waals surface area contributed by atoms with E-state index in [0.29, 0.717) is 10.9 Å². The van der Waals surface area contributed by atoms with Crippen molar-refractivity contribution in [3.05, 3.63) is 42.2 Å². The number of nitriles is 1. The second-order valence-electron chi connectivity index (χ2n) is 10.1. The summed E-state index contributed by atoms with van der Waals surface area (Å²) < 4.78 is 39.0. The normalized spacial score (nSPS) is 19.6. The predicted octanol–water partition coefficient (Wildman–Crippen LogP) is 4.03. The molecule has 3 rings (SSSR count). The van der Waals surface area contributed by atoms with Gasteiger partial charge in [0.05, 0.1) is 6.07 Å². The Kier molecular flexibility index (Phi) is 8.79. The zero-order valence-corrected chi connectivity index (χ0v) is 22.2. The van der Waals surface area contributed by atoms with Crippen LogP contribution < -0.4 is 10.6 Å². The van der Waals surface area contributed by atoms with Crippen molar-refractivity contribution in [2.24, 2.45) is 11.3 Å². The molecule has 3 amide bonds. The summed E-state index contributed by atoms with van der Waals surface area (Å²) in [4.78, 5) is 42.9. The minimum absolute atomic E-state index is 0.0426. The molecule has 0 bridgehead atoms. The summed E-state index contributed by atoms with van der Waals surface area (Å²) in [6.45, 7) is 4.42. The number of carbonyl (C=O) groups is 3. The number of fused-ring (bicyclic) bond motifs is 1. The highest BCUT2D eigenvalue weighted by Crippen LogP contribution is 2.35. The standard InChI is InChI=1S/C25H26Cl2F3N5O3/c1-24(2,3)19(34-23(38)25(28,29)30)22(37)35-9-8-15(20(26)27)18(35)21(36)33-17(10-31)16-12-32-11-13-6-4-5-7-14(13)16/h4-7,11-12,15,17-20H,8-9H2,1-3H3,(H,33,36)(H,34,38)/t15?,17?,18-,19+/m0/s1. The molecular weight excluding hydrogens is 546 g/mol. The van der Waals surface area contributed by atoms with Crippen LogP contribution in [-0.4, -0.2) is 57.2 Å². The molecule has 1 aliphatic heterocycles. The molecule has 2 unspecified atom stereocenters. The first-order valence-corrected chi connectivity index (χ1v) is 12.5. The number of hydrogen-bond acceptors (Lipinski definition) is 5. The third-order valence-corrected chi connectivity index (χ3v) is 7.04. The topological polar surface area (TPSA) is 115 Å². The number of aromatic nitrogens is 1. The van der Waals surface area contributed by atoms with Gasteiger partial charge in [0.1, 0.15) is 23.0 Å². The summed E-state index contributed by atoms with van der Waals surface area (Å²) in [5, 5.41) is 15.7. The van der Waals surface area contributed by atoms with E-state index in [1.54, 1.807) is 35.8 Å². The molecule has 2 aromatic rings. The van der Waals surface area contributed by atoms with Gasteiger partial charge in [-0.25, -0.2) is 0 Å². The van der Waals surface area contributed by atoms with Crippen LogP contribution in [0.4, 0.5) is 13.2 Å². The fourth-order valence-corrected chi connectivity index (χ4v) is 5.00. The number of alkyl halides is 5. The molecule has 4 atom stereocenters. The molecule has 8 nitrogen and oxygen atoms in total. The number of halogens is 5. The molecule has 0 aliphatic carbocycles. The Morgan fingerprint density at radius 2 is 1.79 bits per heavy atom. The van der Waals surface area contributed by atoms with E-state index in [1.807, 2.05) is 6.07 Å². The van der Waals surface area contributed by atoms with E-state index >= 15 is 0 Å². The van der Waals surface area contributed by atoms with Crippen molar-refractivity contribution in [3.63, 3.8) is 0 Å². The highest BCUT2D eigenvalue weighted by atomic mass is 35.5. The Balaban J connectivity index is 1.94. The molecule has 2 heterocycles. The first-order chi connectivity index (χ1) is 17.7. The van der Waals surface area contributed by atoms with Crippen molar-refractivity contribution in [3.8, 4) is 6.07 Å². The lowest BCUT2D eigenvalue weighted by Crippen LogP contribution is -2.60. The van der Waals surface area contributed by atoms with Crippen LogP contribution in [0.2, 0.25) is 0 Å². The third kappa shape index (κ3) is 6.30. The summed E-state index contributed by atoms with van der Waals surface area (Å²) in [7, 11) is 0. The molecule has 0 radical (unpaired) electrons. The predicted molar refractivity (Wildman–Crippen MR) is 135 cm³/mol. The number of rotatable bonds is 6. The van der Waals surface area contributed by atoms with Crippen molar-refractivity contribution in [2.75, 3.05) is 6.54 Å². The molecule has 38 heavy (non-hydrogen) atoms. The molecule has 13 heteroatoms. The van der Waals surface area contributed by atoms with Gasteiger partial charge in [0, 0.05) is 35.8 Å². The first kappa shape index (κ1) is 29.5. The van der Waals surface area contributed by atoms with Gasteiger partial charge in [-0.15, -0.1) is 23.2 Å². The number of amides is 3. The Labute approximate surface area is 227 Å². The molecule has 0 saturated carbocycles. The van der Waals surface area contributed by atoms with Crippen molar-refractivity contribution < 1.29 is 27.6 Å². The smallest absolute Gasteiger partial charge is 0.336 e. The zero-order chi connectivity index (χ0) is 28.4. The number of nitrogens with one attached hydrogen (secondary N) is 2. The van der Waals surface area contributed by atoms with E-state index in [0.717, 1.165) is 10.3 Å². The molecule has 1 aromatic heterocycles. The summed E-state index contributed by atoms with van der Waals surface area (Å²) >= 11 is 12.3. The van der Waals surface area contributed by atoms with E-state index in [2.05, 4.69) is 10.3 Å². The van der Waals surface area contributed by atoms with Crippen LogP contribution in [0.1, 0.15) is 38.8 Å². The van der Waals surface area contributed by atoms with Crippen LogP contribution in [0.15, 0.2) is 36.7 Å². The van der Waals surface area contributed by atoms with Crippen molar-refractivity contribution >= 4 is 51.7 Å². The Hall–Kier alpha value is -3.10. The number of nitrogens with zero attached hydrogens (tertiary/aromatic N) is 3.